The van der Waals surface area contributed by atoms with Gasteiger partial charge in [0.1, 0.15) is 17.4 Å². The molecular weight excluding hydrogens is 379 g/mol. The van der Waals surface area contributed by atoms with Crippen molar-refractivity contribution in [2.75, 3.05) is 7.11 Å². The Labute approximate surface area is 138 Å². The lowest BCUT2D eigenvalue weighted by Crippen LogP contribution is -2.33. The van der Waals surface area contributed by atoms with Crippen LogP contribution in [0.3, 0.4) is 0 Å². The van der Waals surface area contributed by atoms with Gasteiger partial charge in [-0.15, -0.1) is 0 Å². The van der Waals surface area contributed by atoms with Gasteiger partial charge in [0, 0.05) is 6.04 Å². The molecule has 21 heavy (non-hydrogen) atoms. The molecule has 2 rings (SSSR count). The molecule has 0 spiro atoms. The summed E-state index contributed by atoms with van der Waals surface area (Å²) in [5.74, 6) is 0.497. The quantitative estimate of drug-likeness (QED) is 0.483. The molecule has 110 valence electrons. The molecule has 0 saturated heterocycles. The number of amides is 1. The van der Waals surface area contributed by atoms with E-state index < -0.39 is 0 Å². The van der Waals surface area contributed by atoms with Crippen molar-refractivity contribution in [2.24, 2.45) is 0 Å². The monoisotopic (exact) mass is 396 g/mol. The van der Waals surface area contributed by atoms with Crippen LogP contribution in [0.1, 0.15) is 31.2 Å². The van der Waals surface area contributed by atoms with Gasteiger partial charge in [-0.25, -0.2) is 0 Å². The Morgan fingerprint density at radius 1 is 1.48 bits per heavy atom. The Kier molecular flexibility index (Phi) is 5.62. The van der Waals surface area contributed by atoms with Crippen LogP contribution in [0, 0.1) is 14.9 Å². The number of ether oxygens (including phenoxy) is 1. The Hall–Kier alpha value is -1.55. The molecule has 1 saturated carbocycles. The first-order valence-electron chi connectivity index (χ1n) is 6.90. The Bertz CT molecular complexity index is 599. The van der Waals surface area contributed by atoms with E-state index in [0.29, 0.717) is 0 Å². The molecule has 1 aliphatic carbocycles. The number of benzene rings is 1. The van der Waals surface area contributed by atoms with Gasteiger partial charge in [0.2, 0.25) is 0 Å². The molecule has 0 aliphatic heterocycles. The zero-order valence-corrected chi connectivity index (χ0v) is 14.0. The highest BCUT2D eigenvalue weighted by atomic mass is 127. The number of carbonyl (C=O) groups excluding carboxylic acids is 1. The van der Waals surface area contributed by atoms with Gasteiger partial charge in [-0.3, -0.25) is 4.79 Å². The zero-order chi connectivity index (χ0) is 15.2. The fourth-order valence-corrected chi connectivity index (χ4v) is 3.18. The molecule has 0 radical (unpaired) electrons. The summed E-state index contributed by atoms with van der Waals surface area (Å²) in [6.07, 6.45) is 5.92. The van der Waals surface area contributed by atoms with Crippen molar-refractivity contribution in [2.45, 2.75) is 31.7 Å². The molecule has 4 nitrogen and oxygen atoms in total. The van der Waals surface area contributed by atoms with Crippen molar-refractivity contribution in [3.05, 3.63) is 32.9 Å². The number of hydrogen-bond donors (Lipinski definition) is 1. The number of halogens is 1. The first kappa shape index (κ1) is 15.8. The molecule has 1 fully saturated rings. The zero-order valence-electron chi connectivity index (χ0n) is 11.9. The summed E-state index contributed by atoms with van der Waals surface area (Å²) in [5, 5.41) is 12.1. The highest BCUT2D eigenvalue weighted by Crippen LogP contribution is 2.23. The topological polar surface area (TPSA) is 62.1 Å². The molecule has 0 unspecified atom stereocenters. The maximum atomic E-state index is 12.1. The number of carbonyl (C=O) groups is 1. The second-order valence-electron chi connectivity index (χ2n) is 5.02. The fourth-order valence-electron chi connectivity index (χ4n) is 2.42. The Morgan fingerprint density at radius 2 is 2.19 bits per heavy atom. The Morgan fingerprint density at radius 3 is 2.76 bits per heavy atom. The van der Waals surface area contributed by atoms with Crippen molar-refractivity contribution in [1.82, 2.24) is 5.32 Å². The molecule has 0 heterocycles. The smallest absolute Gasteiger partial charge is 0.262 e. The number of hydrogen-bond acceptors (Lipinski definition) is 3. The summed E-state index contributed by atoms with van der Waals surface area (Å²) < 4.78 is 6.14. The van der Waals surface area contributed by atoms with Gasteiger partial charge in [-0.05, 0) is 59.2 Å². The summed E-state index contributed by atoms with van der Waals surface area (Å²) in [6.45, 7) is 0. The van der Waals surface area contributed by atoms with Gasteiger partial charge in [0.25, 0.3) is 5.91 Å². The van der Waals surface area contributed by atoms with Crippen LogP contribution in [-0.2, 0) is 4.79 Å². The third-order valence-corrected chi connectivity index (χ3v) is 4.39. The van der Waals surface area contributed by atoms with Gasteiger partial charge >= 0.3 is 0 Å². The van der Waals surface area contributed by atoms with Crippen molar-refractivity contribution in [3.8, 4) is 11.8 Å². The highest BCUT2D eigenvalue weighted by Gasteiger charge is 2.19. The molecule has 0 bridgehead atoms. The third kappa shape index (κ3) is 4.21. The number of nitrogens with one attached hydrogen (secondary N) is 1. The average molecular weight is 396 g/mol. The highest BCUT2D eigenvalue weighted by molar-refractivity contribution is 14.1. The van der Waals surface area contributed by atoms with E-state index in [2.05, 4.69) is 27.9 Å². The number of rotatable bonds is 4. The maximum Gasteiger partial charge on any atom is 0.262 e. The summed E-state index contributed by atoms with van der Waals surface area (Å²) in [7, 11) is 1.61. The van der Waals surface area contributed by atoms with Crippen LogP contribution in [0.2, 0.25) is 0 Å². The molecule has 1 aromatic carbocycles. The minimum absolute atomic E-state index is 0.142. The minimum atomic E-state index is -0.282. The van der Waals surface area contributed by atoms with Crippen LogP contribution >= 0.6 is 22.6 Å². The van der Waals surface area contributed by atoms with Gasteiger partial charge in [0.05, 0.1) is 10.7 Å². The molecule has 1 aromatic rings. The fraction of sp³-hybridized carbons (Fsp3) is 0.375. The predicted molar refractivity (Wildman–Crippen MR) is 89.7 cm³/mol. The van der Waals surface area contributed by atoms with Crippen LogP contribution in [0.15, 0.2) is 23.8 Å². The van der Waals surface area contributed by atoms with Crippen LogP contribution in [0.25, 0.3) is 6.08 Å². The molecule has 1 N–H and O–H groups in total. The van der Waals surface area contributed by atoms with E-state index in [0.717, 1.165) is 40.6 Å². The first-order chi connectivity index (χ1) is 10.1. The van der Waals surface area contributed by atoms with Crippen molar-refractivity contribution in [1.29, 1.82) is 5.26 Å². The normalized spacial score (nSPS) is 15.6. The minimum Gasteiger partial charge on any atom is -0.496 e. The van der Waals surface area contributed by atoms with Crippen molar-refractivity contribution >= 4 is 34.6 Å². The first-order valence-corrected chi connectivity index (χ1v) is 7.98. The summed E-state index contributed by atoms with van der Waals surface area (Å²) >= 11 is 2.16. The lowest BCUT2D eigenvalue weighted by molar-refractivity contribution is -0.117. The summed E-state index contributed by atoms with van der Waals surface area (Å²) in [5.41, 5.74) is 0.959. The molecule has 5 heteroatoms. The van der Waals surface area contributed by atoms with Gasteiger partial charge in [-0.2, -0.15) is 5.26 Å². The lowest BCUT2D eigenvalue weighted by Gasteiger charge is -2.11. The number of methoxy groups -OCH3 is 1. The van der Waals surface area contributed by atoms with Crippen molar-refractivity contribution in [3.63, 3.8) is 0 Å². The SMILES string of the molecule is COc1ccc(/C=C(/C#N)C(=O)NC2CCCC2)cc1I. The molecule has 0 aromatic heterocycles. The van der Waals surface area contributed by atoms with Crippen molar-refractivity contribution < 1.29 is 9.53 Å². The van der Waals surface area contributed by atoms with Crippen LogP contribution in [0.5, 0.6) is 5.75 Å². The van der Waals surface area contributed by atoms with Gasteiger partial charge < -0.3 is 10.1 Å². The van der Waals surface area contributed by atoms with E-state index in [9.17, 15) is 10.1 Å². The van der Waals surface area contributed by atoms with Gasteiger partial charge in [0.15, 0.2) is 0 Å². The maximum absolute atomic E-state index is 12.1. The van der Waals surface area contributed by atoms with Crippen LogP contribution in [-0.4, -0.2) is 19.1 Å². The van der Waals surface area contributed by atoms with Gasteiger partial charge in [-0.1, -0.05) is 18.9 Å². The molecule has 1 amide bonds. The largest absolute Gasteiger partial charge is 0.496 e. The lowest BCUT2D eigenvalue weighted by atomic mass is 10.1. The summed E-state index contributed by atoms with van der Waals surface area (Å²) in [6, 6.07) is 7.75. The second-order valence-corrected chi connectivity index (χ2v) is 6.18. The number of nitriles is 1. The molecule has 0 atom stereocenters. The van der Waals surface area contributed by atoms with E-state index in [1.165, 1.54) is 0 Å². The second kappa shape index (κ2) is 7.46. The molecular formula is C16H17IN2O2. The summed E-state index contributed by atoms with van der Waals surface area (Å²) in [4.78, 5) is 12.1. The Balaban J connectivity index is 2.14. The van der Waals surface area contributed by atoms with E-state index in [4.69, 9.17) is 4.74 Å². The average Bonchev–Trinajstić information content (AvgIpc) is 2.97. The third-order valence-electron chi connectivity index (χ3n) is 3.54. The van der Waals surface area contributed by atoms with E-state index >= 15 is 0 Å². The van der Waals surface area contributed by atoms with E-state index in [1.54, 1.807) is 13.2 Å². The number of nitrogens with zero attached hydrogens (tertiary/aromatic N) is 1. The van der Waals surface area contributed by atoms with Crippen LogP contribution < -0.4 is 10.1 Å². The molecule has 1 aliphatic rings. The standard InChI is InChI=1S/C16H17IN2O2/c1-21-15-7-6-11(9-14(15)17)8-12(10-18)16(20)19-13-4-2-3-5-13/h6-9,13H,2-5H2,1H3,(H,19,20)/b12-8-. The van der Waals surface area contributed by atoms with Crippen LogP contribution in [0.4, 0.5) is 0 Å². The van der Waals surface area contributed by atoms with E-state index in [-0.39, 0.29) is 17.5 Å². The van der Waals surface area contributed by atoms with E-state index in [1.807, 2.05) is 24.3 Å². The predicted octanol–water partition coefficient (Wildman–Crippen LogP) is 3.27.